The Morgan fingerprint density at radius 2 is 2.17 bits per heavy atom. The number of carbonyl (C=O) groups is 3. The number of anilines is 1. The van der Waals surface area contributed by atoms with Crippen LogP contribution in [0, 0.1) is 13.8 Å². The van der Waals surface area contributed by atoms with Crippen molar-refractivity contribution in [2.24, 2.45) is 0 Å². The number of nitrogens with one attached hydrogen (secondary N) is 3. The van der Waals surface area contributed by atoms with Crippen LogP contribution in [0.3, 0.4) is 0 Å². The van der Waals surface area contributed by atoms with Gasteiger partial charge in [-0.1, -0.05) is 0 Å². The lowest BCUT2D eigenvalue weighted by Crippen LogP contribution is -2.38. The predicted molar refractivity (Wildman–Crippen MR) is 61.8 cm³/mol. The Hall–Kier alpha value is -2.38. The van der Waals surface area contributed by atoms with Gasteiger partial charge in [0.25, 0.3) is 5.91 Å². The van der Waals surface area contributed by atoms with Crippen LogP contribution in [0.5, 0.6) is 0 Å². The van der Waals surface area contributed by atoms with Gasteiger partial charge in [-0.05, 0) is 13.8 Å². The molecule has 4 amide bonds. The van der Waals surface area contributed by atoms with Crippen LogP contribution in [-0.4, -0.2) is 46.0 Å². The zero-order valence-corrected chi connectivity index (χ0v) is 10.0. The number of aromatic nitrogens is 2. The summed E-state index contributed by atoms with van der Waals surface area (Å²) >= 11 is 0. The summed E-state index contributed by atoms with van der Waals surface area (Å²) in [5.74, 6) is -0.468. The fourth-order valence-electron chi connectivity index (χ4n) is 1.54. The molecule has 1 fully saturated rings. The van der Waals surface area contributed by atoms with Gasteiger partial charge in [0.15, 0.2) is 5.82 Å². The lowest BCUT2D eigenvalue weighted by Gasteiger charge is -2.11. The Morgan fingerprint density at radius 3 is 2.67 bits per heavy atom. The fraction of sp³-hybridized carbons (Fsp3) is 0.400. The second kappa shape index (κ2) is 4.47. The SMILES string of the molecule is Cc1[nH]nc(NC(=O)CN2C(=O)CNC2=O)c1C. The van der Waals surface area contributed by atoms with Crippen molar-refractivity contribution in [3.8, 4) is 0 Å². The summed E-state index contributed by atoms with van der Waals surface area (Å²) in [5, 5.41) is 11.5. The van der Waals surface area contributed by atoms with E-state index in [2.05, 4.69) is 20.8 Å². The molecule has 1 aromatic heterocycles. The van der Waals surface area contributed by atoms with Crippen LogP contribution >= 0.6 is 0 Å². The molecule has 8 nitrogen and oxygen atoms in total. The van der Waals surface area contributed by atoms with Crippen molar-refractivity contribution in [2.45, 2.75) is 13.8 Å². The minimum absolute atomic E-state index is 0.0628. The van der Waals surface area contributed by atoms with Gasteiger partial charge in [-0.2, -0.15) is 5.10 Å². The van der Waals surface area contributed by atoms with Gasteiger partial charge in [-0.15, -0.1) is 0 Å². The molecule has 2 rings (SSSR count). The summed E-state index contributed by atoms with van der Waals surface area (Å²) < 4.78 is 0. The molecule has 1 aromatic rings. The van der Waals surface area contributed by atoms with E-state index in [0.29, 0.717) is 5.82 Å². The molecule has 0 spiro atoms. The van der Waals surface area contributed by atoms with Crippen LogP contribution < -0.4 is 10.6 Å². The van der Waals surface area contributed by atoms with Gasteiger partial charge in [0.05, 0.1) is 6.54 Å². The van der Waals surface area contributed by atoms with Gasteiger partial charge in [0, 0.05) is 11.3 Å². The topological polar surface area (TPSA) is 107 Å². The largest absolute Gasteiger partial charge is 0.329 e. The maximum atomic E-state index is 11.7. The molecule has 0 radical (unpaired) electrons. The number of rotatable bonds is 3. The number of hydrogen-bond donors (Lipinski definition) is 3. The molecule has 0 aromatic carbocycles. The molecule has 0 atom stereocenters. The number of H-pyrrole nitrogens is 1. The van der Waals surface area contributed by atoms with Crippen LogP contribution in [0.4, 0.5) is 10.6 Å². The zero-order valence-electron chi connectivity index (χ0n) is 10.0. The Bertz CT molecular complexity index is 506. The van der Waals surface area contributed by atoms with Crippen molar-refractivity contribution in [2.75, 3.05) is 18.4 Å². The first-order valence-electron chi connectivity index (χ1n) is 5.38. The molecule has 1 saturated heterocycles. The summed E-state index contributed by atoms with van der Waals surface area (Å²) in [5.41, 5.74) is 1.67. The van der Waals surface area contributed by atoms with E-state index in [9.17, 15) is 14.4 Å². The number of aryl methyl sites for hydroxylation is 1. The Balaban J connectivity index is 1.99. The summed E-state index contributed by atoms with van der Waals surface area (Å²) in [7, 11) is 0. The van der Waals surface area contributed by atoms with Gasteiger partial charge in [0.1, 0.15) is 6.54 Å². The number of carbonyl (C=O) groups excluding carboxylic acids is 3. The quantitative estimate of drug-likeness (QED) is 0.630. The van der Waals surface area contributed by atoms with Crippen LogP contribution in [0.1, 0.15) is 11.3 Å². The first kappa shape index (κ1) is 12.1. The number of aromatic amines is 1. The van der Waals surface area contributed by atoms with Crippen molar-refractivity contribution >= 4 is 23.7 Å². The summed E-state index contributed by atoms with van der Waals surface area (Å²) in [6, 6.07) is -0.551. The van der Waals surface area contributed by atoms with Gasteiger partial charge in [-0.25, -0.2) is 4.79 Å². The minimum atomic E-state index is -0.551. The molecule has 96 valence electrons. The average Bonchev–Trinajstić information content (AvgIpc) is 2.79. The maximum absolute atomic E-state index is 11.7. The van der Waals surface area contributed by atoms with Gasteiger partial charge in [-0.3, -0.25) is 19.6 Å². The maximum Gasteiger partial charge on any atom is 0.325 e. The highest BCUT2D eigenvalue weighted by Crippen LogP contribution is 2.13. The van der Waals surface area contributed by atoms with Gasteiger partial charge >= 0.3 is 6.03 Å². The normalized spacial score (nSPS) is 14.9. The van der Waals surface area contributed by atoms with E-state index in [1.54, 1.807) is 0 Å². The Morgan fingerprint density at radius 1 is 1.44 bits per heavy atom. The molecule has 0 saturated carbocycles. The Labute approximate surface area is 103 Å². The van der Waals surface area contributed by atoms with Crippen molar-refractivity contribution in [3.63, 3.8) is 0 Å². The van der Waals surface area contributed by atoms with Crippen molar-refractivity contribution in [1.29, 1.82) is 0 Å². The van der Waals surface area contributed by atoms with Crippen molar-refractivity contribution in [3.05, 3.63) is 11.3 Å². The molecule has 1 aliphatic heterocycles. The van der Waals surface area contributed by atoms with Gasteiger partial charge in [0.2, 0.25) is 5.91 Å². The second-order valence-electron chi connectivity index (χ2n) is 4.01. The number of imide groups is 1. The van der Waals surface area contributed by atoms with Crippen molar-refractivity contribution < 1.29 is 14.4 Å². The molecular weight excluding hydrogens is 238 g/mol. The van der Waals surface area contributed by atoms with Gasteiger partial charge < -0.3 is 10.6 Å². The monoisotopic (exact) mass is 251 g/mol. The molecule has 0 unspecified atom stereocenters. The highest BCUT2D eigenvalue weighted by Gasteiger charge is 2.30. The molecule has 1 aliphatic rings. The average molecular weight is 251 g/mol. The van der Waals surface area contributed by atoms with E-state index in [1.807, 2.05) is 13.8 Å². The van der Waals surface area contributed by atoms with E-state index in [0.717, 1.165) is 16.2 Å². The minimum Gasteiger partial charge on any atom is -0.329 e. The molecular formula is C10H13N5O3. The highest BCUT2D eigenvalue weighted by atomic mass is 16.2. The van der Waals surface area contributed by atoms with Crippen LogP contribution in [0.2, 0.25) is 0 Å². The number of hydrogen-bond acceptors (Lipinski definition) is 4. The summed E-state index contributed by atoms with van der Waals surface area (Å²) in [6.07, 6.45) is 0. The smallest absolute Gasteiger partial charge is 0.325 e. The van der Waals surface area contributed by atoms with Crippen LogP contribution in [0.15, 0.2) is 0 Å². The highest BCUT2D eigenvalue weighted by molar-refractivity contribution is 6.06. The van der Waals surface area contributed by atoms with Crippen LogP contribution in [-0.2, 0) is 9.59 Å². The van der Waals surface area contributed by atoms with E-state index < -0.39 is 17.8 Å². The standard InChI is InChI=1S/C10H13N5O3/c1-5-6(2)13-14-9(5)12-7(16)4-15-8(17)3-11-10(15)18/h3-4H2,1-2H3,(H,11,18)(H2,12,13,14,16). The summed E-state index contributed by atoms with van der Waals surface area (Å²) in [6.45, 7) is 3.26. The number of amides is 4. The molecule has 0 bridgehead atoms. The second-order valence-corrected chi connectivity index (χ2v) is 4.01. The molecule has 2 heterocycles. The lowest BCUT2D eigenvalue weighted by molar-refractivity contribution is -0.128. The Kier molecular flexibility index (Phi) is 3.00. The lowest BCUT2D eigenvalue weighted by atomic mass is 10.3. The predicted octanol–water partition coefficient (Wildman–Crippen LogP) is -0.483. The summed E-state index contributed by atoms with van der Waals surface area (Å²) in [4.78, 5) is 35.1. The number of nitrogens with zero attached hydrogens (tertiary/aromatic N) is 2. The number of urea groups is 1. The zero-order chi connectivity index (χ0) is 13.3. The molecule has 3 N–H and O–H groups in total. The fourth-order valence-corrected chi connectivity index (χ4v) is 1.54. The van der Waals surface area contributed by atoms with E-state index in [1.165, 1.54) is 0 Å². The first-order chi connectivity index (χ1) is 8.49. The third kappa shape index (κ3) is 2.17. The third-order valence-corrected chi connectivity index (χ3v) is 2.75. The van der Waals surface area contributed by atoms with E-state index in [-0.39, 0.29) is 13.1 Å². The molecule has 18 heavy (non-hydrogen) atoms. The first-order valence-corrected chi connectivity index (χ1v) is 5.38. The van der Waals surface area contributed by atoms with E-state index in [4.69, 9.17) is 0 Å². The van der Waals surface area contributed by atoms with E-state index >= 15 is 0 Å². The molecule has 0 aliphatic carbocycles. The molecule has 8 heteroatoms. The van der Waals surface area contributed by atoms with Crippen LogP contribution in [0.25, 0.3) is 0 Å². The third-order valence-electron chi connectivity index (χ3n) is 2.75. The van der Waals surface area contributed by atoms with Crippen molar-refractivity contribution in [1.82, 2.24) is 20.4 Å².